The van der Waals surface area contributed by atoms with Crippen LogP contribution in [0.2, 0.25) is 0 Å². The number of hydrogen-bond acceptors (Lipinski definition) is 2. The summed E-state index contributed by atoms with van der Waals surface area (Å²) in [4.78, 5) is 14.9. The molecule has 1 saturated carbocycles. The van der Waals surface area contributed by atoms with E-state index in [-0.39, 0.29) is 17.6 Å². The molecule has 1 aliphatic heterocycles. The molecule has 1 heterocycles. The van der Waals surface area contributed by atoms with Gasteiger partial charge in [0.1, 0.15) is 0 Å². The van der Waals surface area contributed by atoms with Gasteiger partial charge < -0.3 is 10.0 Å². The summed E-state index contributed by atoms with van der Waals surface area (Å²) in [5.74, 6) is 0.607. The van der Waals surface area contributed by atoms with Crippen molar-refractivity contribution in [2.24, 2.45) is 11.3 Å². The minimum Gasteiger partial charge on any atom is -0.393 e. The second-order valence-corrected chi connectivity index (χ2v) is 6.96. The fourth-order valence-electron chi connectivity index (χ4n) is 3.61. The molecular weight excluding hydrogens is 238 g/mol. The van der Waals surface area contributed by atoms with Gasteiger partial charge in [-0.05, 0) is 38.5 Å². The van der Waals surface area contributed by atoms with E-state index >= 15 is 0 Å². The van der Waals surface area contributed by atoms with Crippen molar-refractivity contribution >= 4 is 5.91 Å². The zero-order valence-electron chi connectivity index (χ0n) is 12.7. The smallest absolute Gasteiger partial charge is 0.228 e. The molecule has 0 bridgehead atoms. The summed E-state index contributed by atoms with van der Waals surface area (Å²) in [6, 6.07) is 0.282. The molecule has 3 atom stereocenters. The fraction of sp³-hybridized carbons (Fsp3) is 0.938. The molecule has 19 heavy (non-hydrogen) atoms. The van der Waals surface area contributed by atoms with E-state index in [9.17, 15) is 9.90 Å². The van der Waals surface area contributed by atoms with Gasteiger partial charge in [-0.1, -0.05) is 27.2 Å². The van der Waals surface area contributed by atoms with Gasteiger partial charge in [0.05, 0.1) is 6.10 Å². The number of nitrogens with zero attached hydrogens (tertiary/aromatic N) is 1. The SMILES string of the molecule is CCC(C)(C)C(=O)N1CCCCC1C1CCCC1O. The number of rotatable bonds is 3. The van der Waals surface area contributed by atoms with Crippen LogP contribution in [0.4, 0.5) is 0 Å². The molecule has 1 N–H and O–H groups in total. The largest absolute Gasteiger partial charge is 0.393 e. The maximum absolute atomic E-state index is 12.8. The van der Waals surface area contributed by atoms with E-state index in [2.05, 4.69) is 11.8 Å². The quantitative estimate of drug-likeness (QED) is 0.854. The summed E-state index contributed by atoms with van der Waals surface area (Å²) in [6.45, 7) is 7.07. The summed E-state index contributed by atoms with van der Waals surface area (Å²) in [6.07, 6.45) is 7.19. The van der Waals surface area contributed by atoms with E-state index in [0.29, 0.717) is 11.8 Å². The lowest BCUT2D eigenvalue weighted by atomic mass is 9.83. The summed E-state index contributed by atoms with van der Waals surface area (Å²) in [7, 11) is 0. The van der Waals surface area contributed by atoms with Crippen LogP contribution >= 0.6 is 0 Å². The van der Waals surface area contributed by atoms with Crippen LogP contribution in [0.25, 0.3) is 0 Å². The van der Waals surface area contributed by atoms with E-state index in [0.717, 1.165) is 45.1 Å². The lowest BCUT2D eigenvalue weighted by Gasteiger charge is -2.43. The summed E-state index contributed by atoms with van der Waals surface area (Å²) in [5, 5.41) is 10.2. The minimum absolute atomic E-state index is 0.192. The van der Waals surface area contributed by atoms with E-state index in [1.54, 1.807) is 0 Å². The zero-order chi connectivity index (χ0) is 14.0. The summed E-state index contributed by atoms with van der Waals surface area (Å²) < 4.78 is 0. The van der Waals surface area contributed by atoms with Crippen LogP contribution in [-0.2, 0) is 4.79 Å². The maximum atomic E-state index is 12.8. The van der Waals surface area contributed by atoms with Gasteiger partial charge >= 0.3 is 0 Å². The van der Waals surface area contributed by atoms with E-state index in [4.69, 9.17) is 0 Å². The van der Waals surface area contributed by atoms with Crippen LogP contribution in [-0.4, -0.2) is 34.6 Å². The van der Waals surface area contributed by atoms with Gasteiger partial charge in [0.15, 0.2) is 0 Å². The van der Waals surface area contributed by atoms with Gasteiger partial charge in [-0.2, -0.15) is 0 Å². The number of carbonyl (C=O) groups excluding carboxylic acids is 1. The Morgan fingerprint density at radius 3 is 2.53 bits per heavy atom. The Labute approximate surface area is 117 Å². The highest BCUT2D eigenvalue weighted by Crippen LogP contribution is 2.37. The number of aliphatic hydroxyl groups excluding tert-OH is 1. The van der Waals surface area contributed by atoms with Gasteiger partial charge in [0.2, 0.25) is 5.91 Å². The number of hydrogen-bond donors (Lipinski definition) is 1. The monoisotopic (exact) mass is 267 g/mol. The highest BCUT2D eigenvalue weighted by Gasteiger charge is 2.41. The molecule has 1 amide bonds. The van der Waals surface area contributed by atoms with Crippen LogP contribution in [0.3, 0.4) is 0 Å². The van der Waals surface area contributed by atoms with Crippen molar-refractivity contribution in [3.63, 3.8) is 0 Å². The number of amides is 1. The summed E-state index contributed by atoms with van der Waals surface area (Å²) in [5.41, 5.74) is -0.265. The number of carbonyl (C=O) groups is 1. The Kier molecular flexibility index (Phi) is 4.54. The average Bonchev–Trinajstić information content (AvgIpc) is 2.84. The number of piperidine rings is 1. The van der Waals surface area contributed by atoms with Gasteiger partial charge in [0.25, 0.3) is 0 Å². The first kappa shape index (κ1) is 14.8. The Balaban J connectivity index is 2.14. The Hall–Kier alpha value is -0.570. The highest BCUT2D eigenvalue weighted by molar-refractivity contribution is 5.82. The first-order chi connectivity index (χ1) is 8.97. The minimum atomic E-state index is -0.265. The second-order valence-electron chi connectivity index (χ2n) is 6.96. The van der Waals surface area contributed by atoms with E-state index < -0.39 is 0 Å². The van der Waals surface area contributed by atoms with Gasteiger partial charge in [-0.3, -0.25) is 4.79 Å². The van der Waals surface area contributed by atoms with Gasteiger partial charge in [-0.15, -0.1) is 0 Å². The van der Waals surface area contributed by atoms with Crippen LogP contribution < -0.4 is 0 Å². The van der Waals surface area contributed by atoms with Crippen LogP contribution in [0.1, 0.15) is 65.7 Å². The highest BCUT2D eigenvalue weighted by atomic mass is 16.3. The maximum Gasteiger partial charge on any atom is 0.228 e. The second kappa shape index (κ2) is 5.82. The van der Waals surface area contributed by atoms with E-state index in [1.165, 1.54) is 6.42 Å². The normalized spacial score (nSPS) is 32.6. The van der Waals surface area contributed by atoms with Crippen molar-refractivity contribution < 1.29 is 9.90 Å². The molecule has 3 nitrogen and oxygen atoms in total. The molecule has 1 aliphatic carbocycles. The van der Waals surface area contributed by atoms with Crippen molar-refractivity contribution in [1.29, 1.82) is 0 Å². The Morgan fingerprint density at radius 2 is 1.95 bits per heavy atom. The molecule has 1 saturated heterocycles. The van der Waals surface area contributed by atoms with Crippen LogP contribution in [0.15, 0.2) is 0 Å². The Morgan fingerprint density at radius 1 is 1.21 bits per heavy atom. The Bertz CT molecular complexity index is 327. The van der Waals surface area contributed by atoms with Crippen LogP contribution in [0.5, 0.6) is 0 Å². The molecule has 2 rings (SSSR count). The van der Waals surface area contributed by atoms with Crippen molar-refractivity contribution in [3.05, 3.63) is 0 Å². The third-order valence-corrected chi connectivity index (χ3v) is 5.30. The van der Waals surface area contributed by atoms with E-state index in [1.807, 2.05) is 13.8 Å². The molecule has 3 heteroatoms. The van der Waals surface area contributed by atoms with Crippen LogP contribution in [0, 0.1) is 11.3 Å². The van der Waals surface area contributed by atoms with Crippen molar-refractivity contribution in [1.82, 2.24) is 4.90 Å². The number of aliphatic hydroxyl groups is 1. The topological polar surface area (TPSA) is 40.5 Å². The molecule has 2 fully saturated rings. The standard InChI is InChI=1S/C16H29NO2/c1-4-16(2,3)15(19)17-11-6-5-9-13(17)12-8-7-10-14(12)18/h12-14,18H,4-11H2,1-3H3. The molecule has 0 spiro atoms. The molecule has 0 radical (unpaired) electrons. The lowest BCUT2D eigenvalue weighted by molar-refractivity contribution is -0.146. The zero-order valence-corrected chi connectivity index (χ0v) is 12.7. The predicted octanol–water partition coefficient (Wildman–Crippen LogP) is 2.96. The summed E-state index contributed by atoms with van der Waals surface area (Å²) >= 11 is 0. The lowest BCUT2D eigenvalue weighted by Crippen LogP contribution is -2.53. The van der Waals surface area contributed by atoms with Crippen molar-refractivity contribution in [2.45, 2.75) is 77.9 Å². The van der Waals surface area contributed by atoms with Gasteiger partial charge in [-0.25, -0.2) is 0 Å². The molecule has 0 aromatic heterocycles. The molecule has 0 aromatic rings. The van der Waals surface area contributed by atoms with Gasteiger partial charge in [0, 0.05) is 23.9 Å². The average molecular weight is 267 g/mol. The molecule has 3 unspecified atom stereocenters. The molecule has 110 valence electrons. The first-order valence-corrected chi connectivity index (χ1v) is 7.96. The predicted molar refractivity (Wildman–Crippen MR) is 76.8 cm³/mol. The first-order valence-electron chi connectivity index (χ1n) is 7.96. The molecule has 0 aromatic carbocycles. The number of likely N-dealkylation sites (tertiary alicyclic amines) is 1. The van der Waals surface area contributed by atoms with Crippen molar-refractivity contribution in [2.75, 3.05) is 6.54 Å². The third-order valence-electron chi connectivity index (χ3n) is 5.30. The van der Waals surface area contributed by atoms with Crippen molar-refractivity contribution in [3.8, 4) is 0 Å². The molecular formula is C16H29NO2. The fourth-order valence-corrected chi connectivity index (χ4v) is 3.61. The third kappa shape index (κ3) is 2.96. The molecule has 2 aliphatic rings.